The van der Waals surface area contributed by atoms with Crippen molar-refractivity contribution in [1.82, 2.24) is 19.5 Å². The fourth-order valence-electron chi connectivity index (χ4n) is 8.66. The number of benzene rings is 9. The zero-order valence-corrected chi connectivity index (χ0v) is 32.0. The van der Waals surface area contributed by atoms with E-state index in [1.807, 2.05) is 35.6 Å². The maximum atomic E-state index is 5.34. The van der Waals surface area contributed by atoms with Gasteiger partial charge in [-0.25, -0.2) is 4.98 Å². The average molecular weight is 757 g/mol. The summed E-state index contributed by atoms with van der Waals surface area (Å²) in [7, 11) is 0. The summed E-state index contributed by atoms with van der Waals surface area (Å²) >= 11 is 1.86. The molecule has 0 unspecified atom stereocenters. The zero-order valence-electron chi connectivity index (χ0n) is 31.2. The molecule has 5 heteroatoms. The fraction of sp³-hybridized carbons (Fsp3) is 0. The minimum absolute atomic E-state index is 0.577. The normalized spacial score (nSPS) is 11.8. The molecule has 0 radical (unpaired) electrons. The number of rotatable bonds is 5. The molecule has 0 aliphatic heterocycles. The Bertz CT molecular complexity index is 3550. The fourth-order valence-corrected chi connectivity index (χ4v) is 9.82. The van der Waals surface area contributed by atoms with Gasteiger partial charge in [-0.2, -0.15) is 9.97 Å². The van der Waals surface area contributed by atoms with Crippen LogP contribution in [0, 0.1) is 0 Å². The van der Waals surface area contributed by atoms with Crippen LogP contribution < -0.4 is 0 Å². The second-order valence-electron chi connectivity index (χ2n) is 14.8. The summed E-state index contributed by atoms with van der Waals surface area (Å²) in [5.41, 5.74) is 8.55. The van der Waals surface area contributed by atoms with Crippen molar-refractivity contribution in [2.75, 3.05) is 0 Å². The quantitative estimate of drug-likeness (QED) is 0.176. The molecule has 0 spiro atoms. The predicted octanol–water partition coefficient (Wildman–Crippen LogP) is 14.3. The molecule has 0 saturated carbocycles. The van der Waals surface area contributed by atoms with Gasteiger partial charge in [-0.3, -0.25) is 4.57 Å². The van der Waals surface area contributed by atoms with Crippen molar-refractivity contribution in [2.45, 2.75) is 0 Å². The molecule has 0 aliphatic rings. The van der Waals surface area contributed by atoms with E-state index in [1.165, 1.54) is 41.9 Å². The molecule has 0 bridgehead atoms. The monoisotopic (exact) mass is 756 g/mol. The molecule has 12 rings (SSSR count). The van der Waals surface area contributed by atoms with Gasteiger partial charge in [-0.15, -0.1) is 11.3 Å². The Hall–Kier alpha value is -7.47. The van der Waals surface area contributed by atoms with Gasteiger partial charge in [0.15, 0.2) is 11.6 Å². The highest BCUT2D eigenvalue weighted by Crippen LogP contribution is 2.43. The van der Waals surface area contributed by atoms with Crippen LogP contribution in [-0.2, 0) is 0 Å². The van der Waals surface area contributed by atoms with E-state index in [9.17, 15) is 0 Å². The van der Waals surface area contributed by atoms with Crippen LogP contribution in [0.15, 0.2) is 194 Å². The molecule has 270 valence electrons. The van der Waals surface area contributed by atoms with Gasteiger partial charge in [-0.1, -0.05) is 170 Å². The van der Waals surface area contributed by atoms with E-state index in [4.69, 9.17) is 15.0 Å². The van der Waals surface area contributed by atoms with Crippen molar-refractivity contribution >= 4 is 74.9 Å². The maximum Gasteiger partial charge on any atom is 0.238 e. The van der Waals surface area contributed by atoms with Gasteiger partial charge in [-0.05, 0) is 62.5 Å². The van der Waals surface area contributed by atoms with E-state index in [0.29, 0.717) is 17.6 Å². The predicted molar refractivity (Wildman–Crippen MR) is 244 cm³/mol. The SMILES string of the molecule is c1ccc(-c2ccc(-c3nc(-c4ccccc4)nc(-n4c5cc6ccccc6cc5c5cccc(-c6ccc7c(c6)sc6ccc8ccccc8c67)c54)n3)cc2)cc1. The van der Waals surface area contributed by atoms with Crippen molar-refractivity contribution in [2.24, 2.45) is 0 Å². The van der Waals surface area contributed by atoms with Crippen LogP contribution >= 0.6 is 11.3 Å². The molecule has 0 N–H and O–H groups in total. The van der Waals surface area contributed by atoms with Crippen LogP contribution in [0.3, 0.4) is 0 Å². The summed E-state index contributed by atoms with van der Waals surface area (Å²) in [6.07, 6.45) is 0. The first kappa shape index (κ1) is 32.7. The molecule has 12 aromatic rings. The average Bonchev–Trinajstić information content (AvgIpc) is 3.84. The van der Waals surface area contributed by atoms with Gasteiger partial charge in [0.1, 0.15) is 0 Å². The molecular weight excluding hydrogens is 725 g/mol. The van der Waals surface area contributed by atoms with Crippen molar-refractivity contribution in [1.29, 1.82) is 0 Å². The van der Waals surface area contributed by atoms with Crippen molar-refractivity contribution < 1.29 is 0 Å². The highest BCUT2D eigenvalue weighted by molar-refractivity contribution is 7.26. The second-order valence-corrected chi connectivity index (χ2v) is 15.9. The molecule has 3 heterocycles. The third-order valence-electron chi connectivity index (χ3n) is 11.4. The van der Waals surface area contributed by atoms with Gasteiger partial charge < -0.3 is 0 Å². The molecule has 0 aliphatic carbocycles. The Balaban J connectivity index is 1.13. The van der Waals surface area contributed by atoms with Crippen LogP contribution in [0.2, 0.25) is 0 Å². The van der Waals surface area contributed by atoms with E-state index in [0.717, 1.165) is 55.0 Å². The Kier molecular flexibility index (Phi) is 7.37. The van der Waals surface area contributed by atoms with Crippen LogP contribution in [-0.4, -0.2) is 19.5 Å². The molecule has 0 saturated heterocycles. The third kappa shape index (κ3) is 5.25. The van der Waals surface area contributed by atoms with Crippen LogP contribution in [0.1, 0.15) is 0 Å². The van der Waals surface area contributed by atoms with E-state index in [-0.39, 0.29) is 0 Å². The maximum absolute atomic E-state index is 5.34. The molecule has 4 nitrogen and oxygen atoms in total. The number of fused-ring (bicyclic) bond motifs is 9. The van der Waals surface area contributed by atoms with Gasteiger partial charge in [0.2, 0.25) is 5.95 Å². The number of nitrogens with zero attached hydrogens (tertiary/aromatic N) is 4. The van der Waals surface area contributed by atoms with Crippen molar-refractivity contribution in [3.8, 4) is 51.0 Å². The van der Waals surface area contributed by atoms with E-state index in [1.54, 1.807) is 0 Å². The van der Waals surface area contributed by atoms with Crippen LogP contribution in [0.25, 0.3) is 115 Å². The lowest BCUT2D eigenvalue weighted by atomic mass is 9.99. The lowest BCUT2D eigenvalue weighted by Gasteiger charge is -2.13. The summed E-state index contributed by atoms with van der Waals surface area (Å²) in [5, 5.41) is 9.82. The number of hydrogen-bond donors (Lipinski definition) is 0. The summed E-state index contributed by atoms with van der Waals surface area (Å²) < 4.78 is 4.83. The van der Waals surface area contributed by atoms with Crippen LogP contribution in [0.5, 0.6) is 0 Å². The smallest absolute Gasteiger partial charge is 0.238 e. The van der Waals surface area contributed by atoms with Gasteiger partial charge in [0.05, 0.1) is 11.0 Å². The lowest BCUT2D eigenvalue weighted by molar-refractivity contribution is 0.954. The molecular formula is C53H32N4S. The first-order valence-electron chi connectivity index (χ1n) is 19.5. The topological polar surface area (TPSA) is 43.6 Å². The Morgan fingerprint density at radius 3 is 1.74 bits per heavy atom. The third-order valence-corrected chi connectivity index (χ3v) is 12.6. The van der Waals surface area contributed by atoms with E-state index >= 15 is 0 Å². The number of hydrogen-bond acceptors (Lipinski definition) is 4. The van der Waals surface area contributed by atoms with Gasteiger partial charge in [0, 0.05) is 47.6 Å². The minimum atomic E-state index is 0.577. The lowest BCUT2D eigenvalue weighted by Crippen LogP contribution is -2.07. The number of aromatic nitrogens is 4. The Morgan fingerprint density at radius 2 is 0.966 bits per heavy atom. The van der Waals surface area contributed by atoms with Crippen molar-refractivity contribution in [3.05, 3.63) is 194 Å². The second kappa shape index (κ2) is 13.1. The molecule has 0 amide bonds. The van der Waals surface area contributed by atoms with E-state index < -0.39 is 0 Å². The number of para-hydroxylation sites is 1. The minimum Gasteiger partial charge on any atom is -0.277 e. The first-order valence-corrected chi connectivity index (χ1v) is 20.3. The summed E-state index contributed by atoms with van der Waals surface area (Å²) in [6, 6.07) is 69.2. The highest BCUT2D eigenvalue weighted by atomic mass is 32.1. The van der Waals surface area contributed by atoms with Gasteiger partial charge >= 0.3 is 0 Å². The highest BCUT2D eigenvalue weighted by Gasteiger charge is 2.22. The number of thiophene rings is 1. The molecule has 58 heavy (non-hydrogen) atoms. The molecule has 9 aromatic carbocycles. The van der Waals surface area contributed by atoms with Crippen LogP contribution in [0.4, 0.5) is 0 Å². The largest absolute Gasteiger partial charge is 0.277 e. The first-order chi connectivity index (χ1) is 28.7. The Labute approximate surface area is 338 Å². The van der Waals surface area contributed by atoms with Gasteiger partial charge in [0.25, 0.3) is 0 Å². The molecule has 3 aromatic heterocycles. The summed E-state index contributed by atoms with van der Waals surface area (Å²) in [5.74, 6) is 1.82. The zero-order chi connectivity index (χ0) is 38.2. The van der Waals surface area contributed by atoms with Crippen molar-refractivity contribution in [3.63, 3.8) is 0 Å². The molecule has 0 fully saturated rings. The standard InChI is InChI=1S/C53H32N4S/c1-3-12-33(13-4-1)34-22-24-37(25-23-34)52-54-51(36-15-5-2-6-16-36)55-53(56-52)57-46-31-39-18-8-7-17-38(39)30-45(46)43-21-11-20-42(50(43)57)40-26-28-44-48(32-40)58-47-29-27-35-14-9-10-19-41(35)49(44)47/h1-32H. The summed E-state index contributed by atoms with van der Waals surface area (Å²) in [6.45, 7) is 0. The van der Waals surface area contributed by atoms with E-state index in [2.05, 4.69) is 174 Å². The summed E-state index contributed by atoms with van der Waals surface area (Å²) in [4.78, 5) is 15.8. The Morgan fingerprint density at radius 1 is 0.362 bits per heavy atom. The molecule has 0 atom stereocenters.